The largest absolute Gasteiger partial charge is 0.506 e. The van der Waals surface area contributed by atoms with Crippen LogP contribution in [-0.4, -0.2) is 21.2 Å². The third kappa shape index (κ3) is 3.85. The van der Waals surface area contributed by atoms with Gasteiger partial charge in [-0.15, -0.1) is 0 Å². The van der Waals surface area contributed by atoms with Gasteiger partial charge in [-0.2, -0.15) is 0 Å². The van der Waals surface area contributed by atoms with Gasteiger partial charge >= 0.3 is 5.97 Å². The second-order valence-corrected chi connectivity index (χ2v) is 3.70. The quantitative estimate of drug-likeness (QED) is 0.823. The van der Waals surface area contributed by atoms with Gasteiger partial charge in [0, 0.05) is 12.1 Å². The highest BCUT2D eigenvalue weighted by molar-refractivity contribution is 5.85. The molecule has 0 fully saturated rings. The van der Waals surface area contributed by atoms with Crippen LogP contribution in [0.5, 0.6) is 17.4 Å². The molecule has 0 radical (unpaired) electrons. The Morgan fingerprint density at radius 2 is 1.89 bits per heavy atom. The maximum atomic E-state index is 10.4. The summed E-state index contributed by atoms with van der Waals surface area (Å²) in [4.78, 5) is 14.3. The molecule has 1 aromatic carbocycles. The molecule has 5 nitrogen and oxygen atoms in total. The van der Waals surface area contributed by atoms with Crippen LogP contribution in [0.15, 0.2) is 48.7 Å². The van der Waals surface area contributed by atoms with Gasteiger partial charge in [-0.25, -0.2) is 9.78 Å². The second kappa shape index (κ2) is 5.68. The first-order chi connectivity index (χ1) is 9.13. The van der Waals surface area contributed by atoms with Crippen molar-refractivity contribution in [1.82, 2.24) is 4.98 Å². The fraction of sp³-hybridized carbons (Fsp3) is 0. The van der Waals surface area contributed by atoms with Crippen molar-refractivity contribution < 1.29 is 19.7 Å². The van der Waals surface area contributed by atoms with Gasteiger partial charge in [0.25, 0.3) is 0 Å². The molecule has 0 unspecified atom stereocenters. The number of aromatic nitrogens is 1. The zero-order valence-electron chi connectivity index (χ0n) is 9.85. The van der Waals surface area contributed by atoms with Crippen molar-refractivity contribution in [3.05, 3.63) is 54.2 Å². The molecule has 0 aliphatic rings. The van der Waals surface area contributed by atoms with Crippen molar-refractivity contribution in [3.63, 3.8) is 0 Å². The van der Waals surface area contributed by atoms with E-state index >= 15 is 0 Å². The van der Waals surface area contributed by atoms with E-state index in [0.717, 1.165) is 11.6 Å². The van der Waals surface area contributed by atoms with E-state index in [4.69, 9.17) is 14.9 Å². The van der Waals surface area contributed by atoms with Crippen LogP contribution in [0.3, 0.4) is 0 Å². The van der Waals surface area contributed by atoms with Gasteiger partial charge in [0.05, 0.1) is 6.20 Å². The fourth-order valence-corrected chi connectivity index (χ4v) is 1.37. The number of pyridine rings is 1. The molecule has 5 heteroatoms. The lowest BCUT2D eigenvalue weighted by Gasteiger charge is -2.04. The predicted octanol–water partition coefficient (Wildman–Crippen LogP) is 2.68. The molecule has 96 valence electrons. The number of carboxylic acid groups (broad SMARTS) is 1. The second-order valence-electron chi connectivity index (χ2n) is 3.70. The average molecular weight is 257 g/mol. The fourth-order valence-electron chi connectivity index (χ4n) is 1.37. The number of hydrogen-bond acceptors (Lipinski definition) is 4. The number of hydrogen-bond donors (Lipinski definition) is 2. The summed E-state index contributed by atoms with van der Waals surface area (Å²) >= 11 is 0. The highest BCUT2D eigenvalue weighted by Gasteiger charge is 1.98. The molecule has 1 heterocycles. The number of benzene rings is 1. The van der Waals surface area contributed by atoms with Crippen LogP contribution >= 0.6 is 0 Å². The number of nitrogens with zero attached hydrogens (tertiary/aromatic N) is 1. The summed E-state index contributed by atoms with van der Waals surface area (Å²) < 4.78 is 5.45. The Bertz CT molecular complexity index is 588. The van der Waals surface area contributed by atoms with Crippen molar-refractivity contribution in [1.29, 1.82) is 0 Å². The van der Waals surface area contributed by atoms with Gasteiger partial charge in [0.2, 0.25) is 5.88 Å². The van der Waals surface area contributed by atoms with Crippen molar-refractivity contribution in [2.45, 2.75) is 0 Å². The molecule has 0 saturated heterocycles. The first kappa shape index (κ1) is 12.6. The van der Waals surface area contributed by atoms with E-state index in [9.17, 15) is 4.79 Å². The molecule has 19 heavy (non-hydrogen) atoms. The van der Waals surface area contributed by atoms with E-state index < -0.39 is 5.97 Å². The lowest BCUT2D eigenvalue weighted by atomic mass is 10.2. The van der Waals surface area contributed by atoms with E-state index in [1.807, 2.05) is 0 Å². The monoisotopic (exact) mass is 257 g/mol. The van der Waals surface area contributed by atoms with Crippen LogP contribution in [0.2, 0.25) is 0 Å². The Balaban J connectivity index is 2.06. The maximum absolute atomic E-state index is 10.4. The Morgan fingerprint density at radius 3 is 2.47 bits per heavy atom. The molecule has 0 aliphatic carbocycles. The van der Waals surface area contributed by atoms with Crippen molar-refractivity contribution >= 4 is 12.0 Å². The SMILES string of the molecule is O=C(O)C=Cc1ccc(Oc2ccc(O)cn2)cc1. The Hall–Kier alpha value is -2.82. The Kier molecular flexibility index (Phi) is 3.78. The summed E-state index contributed by atoms with van der Waals surface area (Å²) in [6.07, 6.45) is 3.85. The predicted molar refractivity (Wildman–Crippen MR) is 69.1 cm³/mol. The van der Waals surface area contributed by atoms with Crippen molar-refractivity contribution in [2.75, 3.05) is 0 Å². The molecular weight excluding hydrogens is 246 g/mol. The summed E-state index contributed by atoms with van der Waals surface area (Å²) in [5.74, 6) is 0.0208. The zero-order valence-corrected chi connectivity index (χ0v) is 9.85. The van der Waals surface area contributed by atoms with Gasteiger partial charge in [0.1, 0.15) is 11.5 Å². The van der Waals surface area contributed by atoms with E-state index in [0.29, 0.717) is 11.6 Å². The Morgan fingerprint density at radius 1 is 1.16 bits per heavy atom. The lowest BCUT2D eigenvalue weighted by Crippen LogP contribution is -1.87. The number of rotatable bonds is 4. The number of aliphatic carboxylic acids is 1. The van der Waals surface area contributed by atoms with Crippen LogP contribution in [0.1, 0.15) is 5.56 Å². The summed E-state index contributed by atoms with van der Waals surface area (Å²) in [5, 5.41) is 17.6. The van der Waals surface area contributed by atoms with E-state index in [1.54, 1.807) is 30.3 Å². The summed E-state index contributed by atoms with van der Waals surface area (Å²) in [6.45, 7) is 0. The third-order valence-electron chi connectivity index (χ3n) is 2.24. The lowest BCUT2D eigenvalue weighted by molar-refractivity contribution is -0.131. The van der Waals surface area contributed by atoms with Crippen molar-refractivity contribution in [2.24, 2.45) is 0 Å². The summed E-state index contributed by atoms with van der Waals surface area (Å²) in [5.41, 5.74) is 0.758. The minimum atomic E-state index is -0.992. The number of carbonyl (C=O) groups is 1. The van der Waals surface area contributed by atoms with Gasteiger partial charge < -0.3 is 14.9 Å². The summed E-state index contributed by atoms with van der Waals surface area (Å²) in [6, 6.07) is 9.90. The average Bonchev–Trinajstić information content (AvgIpc) is 2.40. The molecule has 0 saturated carbocycles. The molecule has 0 amide bonds. The molecule has 0 aliphatic heterocycles. The van der Waals surface area contributed by atoms with Crippen LogP contribution < -0.4 is 4.74 Å². The molecule has 2 rings (SSSR count). The van der Waals surface area contributed by atoms with Gasteiger partial charge in [-0.3, -0.25) is 0 Å². The first-order valence-electron chi connectivity index (χ1n) is 5.47. The molecule has 1 aromatic heterocycles. The molecule has 0 spiro atoms. The smallest absolute Gasteiger partial charge is 0.328 e. The number of aromatic hydroxyl groups is 1. The summed E-state index contributed by atoms with van der Waals surface area (Å²) in [7, 11) is 0. The van der Waals surface area contributed by atoms with E-state index in [1.165, 1.54) is 18.3 Å². The van der Waals surface area contributed by atoms with Crippen LogP contribution in [0.4, 0.5) is 0 Å². The van der Waals surface area contributed by atoms with E-state index in [2.05, 4.69) is 4.98 Å². The molecular formula is C14H11NO4. The first-order valence-corrected chi connectivity index (χ1v) is 5.47. The normalized spacial score (nSPS) is 10.5. The molecule has 2 N–H and O–H groups in total. The zero-order chi connectivity index (χ0) is 13.7. The van der Waals surface area contributed by atoms with E-state index in [-0.39, 0.29) is 5.75 Å². The van der Waals surface area contributed by atoms with Gasteiger partial charge in [-0.05, 0) is 29.8 Å². The van der Waals surface area contributed by atoms with Crippen LogP contribution in [0, 0.1) is 0 Å². The highest BCUT2D eigenvalue weighted by atomic mass is 16.5. The molecule has 0 atom stereocenters. The standard InChI is InChI=1S/C14H11NO4/c16-11-4-7-13(15-9-11)19-12-5-1-10(2-6-12)3-8-14(17)18/h1-9,16H,(H,17,18). The molecule has 2 aromatic rings. The van der Waals surface area contributed by atoms with Gasteiger partial charge in [0.15, 0.2) is 0 Å². The third-order valence-corrected chi connectivity index (χ3v) is 2.24. The Labute approximate surface area is 109 Å². The molecule has 0 bridgehead atoms. The van der Waals surface area contributed by atoms with Crippen molar-refractivity contribution in [3.8, 4) is 17.4 Å². The number of carboxylic acids is 1. The topological polar surface area (TPSA) is 79.7 Å². The van der Waals surface area contributed by atoms with Crippen LogP contribution in [0.25, 0.3) is 6.08 Å². The minimum absolute atomic E-state index is 0.0708. The van der Waals surface area contributed by atoms with Gasteiger partial charge in [-0.1, -0.05) is 12.1 Å². The van der Waals surface area contributed by atoms with Crippen LogP contribution in [-0.2, 0) is 4.79 Å². The highest BCUT2D eigenvalue weighted by Crippen LogP contribution is 2.21. The minimum Gasteiger partial charge on any atom is -0.506 e. The maximum Gasteiger partial charge on any atom is 0.328 e. The number of ether oxygens (including phenoxy) is 1.